The highest BCUT2D eigenvalue weighted by atomic mass is 32.1. The van der Waals surface area contributed by atoms with E-state index in [4.69, 9.17) is 9.47 Å². The van der Waals surface area contributed by atoms with Crippen LogP contribution in [0.3, 0.4) is 0 Å². The Balaban J connectivity index is 1.66. The lowest BCUT2D eigenvalue weighted by Gasteiger charge is -2.10. The van der Waals surface area contributed by atoms with Crippen molar-refractivity contribution >= 4 is 23.3 Å². The predicted molar refractivity (Wildman–Crippen MR) is 115 cm³/mol. The largest absolute Gasteiger partial charge is 0.493 e. The molecule has 6 nitrogen and oxygen atoms in total. The van der Waals surface area contributed by atoms with E-state index < -0.39 is 0 Å². The van der Waals surface area contributed by atoms with E-state index in [1.165, 1.54) is 0 Å². The van der Waals surface area contributed by atoms with E-state index in [1.54, 1.807) is 43.2 Å². The van der Waals surface area contributed by atoms with E-state index in [1.807, 2.05) is 30.3 Å². The van der Waals surface area contributed by atoms with Crippen LogP contribution in [0.1, 0.15) is 26.4 Å². The number of amides is 1. The zero-order valence-electron chi connectivity index (χ0n) is 16.3. The minimum absolute atomic E-state index is 0.172. The summed E-state index contributed by atoms with van der Waals surface area (Å²) in [5, 5.41) is 2.84. The zero-order valence-corrected chi connectivity index (χ0v) is 17.1. The number of hydrogen-bond acceptors (Lipinski definition) is 5. The number of ether oxygens (including phenoxy) is 2. The molecule has 0 radical (unpaired) electrons. The molecule has 150 valence electrons. The lowest BCUT2D eigenvalue weighted by atomic mass is 10.1. The maximum atomic E-state index is 12.5. The van der Waals surface area contributed by atoms with Gasteiger partial charge in [0.2, 0.25) is 0 Å². The first-order valence-corrected chi connectivity index (χ1v) is 9.76. The van der Waals surface area contributed by atoms with Gasteiger partial charge in [-0.1, -0.05) is 54.3 Å². The molecule has 0 aliphatic carbocycles. The molecule has 2 aromatic carbocycles. The molecule has 0 fully saturated rings. The van der Waals surface area contributed by atoms with Gasteiger partial charge in [-0.3, -0.25) is 9.59 Å². The van der Waals surface area contributed by atoms with Gasteiger partial charge in [-0.05, 0) is 28.8 Å². The van der Waals surface area contributed by atoms with E-state index in [2.05, 4.69) is 11.9 Å². The molecule has 3 rings (SSSR count). The van der Waals surface area contributed by atoms with Gasteiger partial charge in [0, 0.05) is 12.7 Å². The van der Waals surface area contributed by atoms with E-state index in [9.17, 15) is 9.59 Å². The number of rotatable bonds is 8. The summed E-state index contributed by atoms with van der Waals surface area (Å²) in [6.07, 6.45) is 3.36. The van der Waals surface area contributed by atoms with Crippen molar-refractivity contribution in [2.24, 2.45) is 0 Å². The van der Waals surface area contributed by atoms with Crippen LogP contribution in [0.5, 0.6) is 11.5 Å². The summed E-state index contributed by atoms with van der Waals surface area (Å²) in [4.78, 5) is 24.9. The molecule has 0 spiro atoms. The van der Waals surface area contributed by atoms with Crippen LogP contribution in [0, 0.1) is 0 Å². The summed E-state index contributed by atoms with van der Waals surface area (Å²) in [6.45, 7) is 4.45. The van der Waals surface area contributed by atoms with Gasteiger partial charge < -0.3 is 19.4 Å². The van der Waals surface area contributed by atoms with Crippen LogP contribution in [-0.2, 0) is 13.1 Å². The third kappa shape index (κ3) is 4.94. The van der Waals surface area contributed by atoms with Crippen molar-refractivity contribution in [3.63, 3.8) is 0 Å². The monoisotopic (exact) mass is 410 g/mol. The molecule has 0 atom stereocenters. The maximum absolute atomic E-state index is 12.5. The summed E-state index contributed by atoms with van der Waals surface area (Å²) >= 11 is 0.933. The number of benzene rings is 2. The van der Waals surface area contributed by atoms with Crippen molar-refractivity contribution in [3.05, 3.63) is 86.5 Å². The standard InChI is InChI=1S/C22H22N2O4S/c1-4-15-5-7-16(8-6-15)13-24-14-20(29-22(24)26)21(25)23-12-17-9-10-18(27-2)19(11-17)28-3/h4-11,14H,1,12-13H2,2-3H3,(H,23,25). The van der Waals surface area contributed by atoms with Crippen molar-refractivity contribution in [2.75, 3.05) is 14.2 Å². The minimum Gasteiger partial charge on any atom is -0.493 e. The van der Waals surface area contributed by atoms with Crippen LogP contribution < -0.4 is 19.7 Å². The second kappa shape index (κ2) is 9.25. The van der Waals surface area contributed by atoms with Crippen LogP contribution in [-0.4, -0.2) is 24.7 Å². The number of methoxy groups -OCH3 is 2. The van der Waals surface area contributed by atoms with Gasteiger partial charge in [0.05, 0.1) is 20.8 Å². The van der Waals surface area contributed by atoms with Crippen LogP contribution in [0.2, 0.25) is 0 Å². The summed E-state index contributed by atoms with van der Waals surface area (Å²) in [5.74, 6) is 0.930. The average Bonchev–Trinajstić information content (AvgIpc) is 3.12. The Labute approximate surface area is 173 Å². The Bertz CT molecular complexity index is 1070. The Morgan fingerprint density at radius 2 is 1.79 bits per heavy atom. The molecule has 29 heavy (non-hydrogen) atoms. The first-order valence-electron chi connectivity index (χ1n) is 8.94. The molecule has 1 amide bonds. The number of nitrogens with one attached hydrogen (secondary N) is 1. The number of aromatic nitrogens is 1. The van der Waals surface area contributed by atoms with E-state index in [-0.39, 0.29) is 10.8 Å². The van der Waals surface area contributed by atoms with Gasteiger partial charge in [-0.25, -0.2) is 0 Å². The molecule has 3 aromatic rings. The highest BCUT2D eigenvalue weighted by Crippen LogP contribution is 2.27. The zero-order chi connectivity index (χ0) is 20.8. The predicted octanol–water partition coefficient (Wildman–Crippen LogP) is 3.55. The van der Waals surface area contributed by atoms with Gasteiger partial charge in [0.1, 0.15) is 4.88 Å². The Hall–Kier alpha value is -3.32. The van der Waals surface area contributed by atoms with Crippen LogP contribution >= 0.6 is 11.3 Å². The van der Waals surface area contributed by atoms with E-state index in [0.717, 1.165) is 28.0 Å². The molecule has 0 saturated carbocycles. The second-order valence-electron chi connectivity index (χ2n) is 6.31. The van der Waals surface area contributed by atoms with Crippen molar-refractivity contribution in [1.29, 1.82) is 0 Å². The molecule has 7 heteroatoms. The molecular formula is C22H22N2O4S. The molecule has 0 unspecified atom stereocenters. The quantitative estimate of drug-likeness (QED) is 0.617. The van der Waals surface area contributed by atoms with Crippen LogP contribution in [0.4, 0.5) is 0 Å². The van der Waals surface area contributed by atoms with Crippen LogP contribution in [0.15, 0.2) is 60.0 Å². The summed E-state index contributed by atoms with van der Waals surface area (Å²) < 4.78 is 12.0. The van der Waals surface area contributed by atoms with Gasteiger partial charge in [0.25, 0.3) is 5.91 Å². The number of nitrogens with zero attached hydrogens (tertiary/aromatic N) is 1. The molecule has 0 bridgehead atoms. The van der Waals surface area contributed by atoms with Gasteiger partial charge >= 0.3 is 4.87 Å². The fourth-order valence-corrected chi connectivity index (χ4v) is 3.57. The second-order valence-corrected chi connectivity index (χ2v) is 7.30. The molecule has 1 aromatic heterocycles. The lowest BCUT2D eigenvalue weighted by molar-refractivity contribution is 0.0954. The highest BCUT2D eigenvalue weighted by Gasteiger charge is 2.13. The third-order valence-electron chi connectivity index (χ3n) is 4.40. The number of thiazole rings is 1. The molecular weight excluding hydrogens is 388 g/mol. The van der Waals surface area contributed by atoms with Gasteiger partial charge in [-0.15, -0.1) is 0 Å². The maximum Gasteiger partial charge on any atom is 0.308 e. The number of carbonyl (C=O) groups excluding carboxylic acids is 1. The topological polar surface area (TPSA) is 69.6 Å². The molecule has 1 N–H and O–H groups in total. The lowest BCUT2D eigenvalue weighted by Crippen LogP contribution is -2.22. The Morgan fingerprint density at radius 1 is 1.10 bits per heavy atom. The smallest absolute Gasteiger partial charge is 0.308 e. The highest BCUT2D eigenvalue weighted by molar-refractivity contribution is 7.11. The minimum atomic E-state index is -0.289. The summed E-state index contributed by atoms with van der Waals surface area (Å²) in [5.41, 5.74) is 2.86. The number of carbonyl (C=O) groups is 1. The normalized spacial score (nSPS) is 10.4. The molecule has 0 aliphatic rings. The van der Waals surface area contributed by atoms with E-state index >= 15 is 0 Å². The van der Waals surface area contributed by atoms with Crippen LogP contribution in [0.25, 0.3) is 6.08 Å². The van der Waals surface area contributed by atoms with E-state index in [0.29, 0.717) is 29.5 Å². The molecule has 0 aliphatic heterocycles. The molecule has 0 saturated heterocycles. The Morgan fingerprint density at radius 3 is 2.45 bits per heavy atom. The average molecular weight is 410 g/mol. The molecule has 1 heterocycles. The van der Waals surface area contributed by atoms with Crippen molar-refractivity contribution in [1.82, 2.24) is 9.88 Å². The summed E-state index contributed by atoms with van der Waals surface area (Å²) in [6, 6.07) is 13.2. The summed E-state index contributed by atoms with van der Waals surface area (Å²) in [7, 11) is 3.13. The first-order chi connectivity index (χ1) is 14.0. The van der Waals surface area contributed by atoms with Gasteiger partial charge in [0.15, 0.2) is 11.5 Å². The number of hydrogen-bond donors (Lipinski definition) is 1. The fourth-order valence-electron chi connectivity index (χ4n) is 2.80. The van der Waals surface area contributed by atoms with Crippen molar-refractivity contribution in [2.45, 2.75) is 13.1 Å². The third-order valence-corrected chi connectivity index (χ3v) is 5.32. The Kier molecular flexibility index (Phi) is 6.51. The van der Waals surface area contributed by atoms with Crippen molar-refractivity contribution in [3.8, 4) is 11.5 Å². The first kappa shape index (κ1) is 20.4. The van der Waals surface area contributed by atoms with Crippen molar-refractivity contribution < 1.29 is 14.3 Å². The fraction of sp³-hybridized carbons (Fsp3) is 0.182. The SMILES string of the molecule is C=Cc1ccc(Cn2cc(C(=O)NCc3ccc(OC)c(OC)c3)sc2=O)cc1. The van der Waals surface area contributed by atoms with Gasteiger partial charge in [-0.2, -0.15) is 0 Å².